The van der Waals surface area contributed by atoms with Crippen molar-refractivity contribution in [1.82, 2.24) is 15.0 Å². The van der Waals surface area contributed by atoms with Crippen LogP contribution in [0.4, 0.5) is 11.9 Å². The van der Waals surface area contributed by atoms with Crippen LogP contribution in [-0.2, 0) is 0 Å². The van der Waals surface area contributed by atoms with Gasteiger partial charge in [-0.1, -0.05) is 6.92 Å². The summed E-state index contributed by atoms with van der Waals surface area (Å²) in [4.78, 5) is 14.6. The Balaban J connectivity index is 2.09. The van der Waals surface area contributed by atoms with Crippen LogP contribution in [0.1, 0.15) is 33.1 Å². The van der Waals surface area contributed by atoms with E-state index in [1.54, 1.807) is 0 Å². The second kappa shape index (κ2) is 5.88. The number of aromatic nitrogens is 3. The highest BCUT2D eigenvalue weighted by molar-refractivity contribution is 6.28. The van der Waals surface area contributed by atoms with Gasteiger partial charge in [0, 0.05) is 19.6 Å². The molecule has 6 nitrogen and oxygen atoms in total. The van der Waals surface area contributed by atoms with Gasteiger partial charge in [0.15, 0.2) is 0 Å². The van der Waals surface area contributed by atoms with Crippen molar-refractivity contribution >= 4 is 23.5 Å². The summed E-state index contributed by atoms with van der Waals surface area (Å²) in [6.45, 7) is 6.18. The number of hydrogen-bond donors (Lipinski definition) is 2. The topological polar surface area (TPSA) is 74.2 Å². The zero-order chi connectivity index (χ0) is 13.9. The highest BCUT2D eigenvalue weighted by Crippen LogP contribution is 2.24. The van der Waals surface area contributed by atoms with Crippen molar-refractivity contribution in [2.75, 3.05) is 29.9 Å². The van der Waals surface area contributed by atoms with E-state index in [0.717, 1.165) is 26.1 Å². The fraction of sp³-hybridized carbons (Fsp3) is 0.750. The Hall–Kier alpha value is -1.14. The summed E-state index contributed by atoms with van der Waals surface area (Å²) in [5.41, 5.74) is -0.587. The summed E-state index contributed by atoms with van der Waals surface area (Å²) in [6, 6.07) is 0. The molecule has 1 fully saturated rings. The molecule has 2 heterocycles. The minimum Gasteiger partial charge on any atom is -0.390 e. The number of rotatable bonds is 4. The van der Waals surface area contributed by atoms with Crippen molar-refractivity contribution in [3.05, 3.63) is 5.28 Å². The van der Waals surface area contributed by atoms with Gasteiger partial charge in [0.2, 0.25) is 17.2 Å². The number of aliphatic hydroxyl groups is 1. The van der Waals surface area contributed by atoms with Crippen LogP contribution in [0.25, 0.3) is 0 Å². The van der Waals surface area contributed by atoms with Crippen molar-refractivity contribution in [3.8, 4) is 0 Å². The lowest BCUT2D eigenvalue weighted by molar-refractivity contribution is 0.0349. The molecule has 0 unspecified atom stereocenters. The first kappa shape index (κ1) is 14.3. The van der Waals surface area contributed by atoms with E-state index in [1.807, 2.05) is 11.8 Å². The molecule has 2 rings (SSSR count). The maximum atomic E-state index is 9.95. The normalized spacial score (nSPS) is 18.4. The monoisotopic (exact) mass is 285 g/mol. The zero-order valence-corrected chi connectivity index (χ0v) is 12.1. The maximum Gasteiger partial charge on any atom is 0.231 e. The number of anilines is 2. The Bertz CT molecular complexity index is 430. The quantitative estimate of drug-likeness (QED) is 0.877. The number of halogens is 1. The molecule has 106 valence electrons. The molecule has 0 amide bonds. The molecule has 0 spiro atoms. The molecule has 0 aliphatic carbocycles. The van der Waals surface area contributed by atoms with Crippen LogP contribution < -0.4 is 10.2 Å². The van der Waals surface area contributed by atoms with Gasteiger partial charge in [0.1, 0.15) is 0 Å². The molecule has 1 aliphatic rings. The fourth-order valence-corrected chi connectivity index (χ4v) is 2.14. The molecular formula is C12H20ClN5O. The average Bonchev–Trinajstić information content (AvgIpc) is 2.35. The summed E-state index contributed by atoms with van der Waals surface area (Å²) in [5, 5.41) is 13.2. The predicted molar refractivity (Wildman–Crippen MR) is 75.7 cm³/mol. The Morgan fingerprint density at radius 1 is 1.32 bits per heavy atom. The van der Waals surface area contributed by atoms with Gasteiger partial charge in [-0.25, -0.2) is 0 Å². The molecule has 7 heteroatoms. The lowest BCUT2D eigenvalue weighted by atomic mass is 9.94. The third-order valence-corrected chi connectivity index (χ3v) is 3.42. The second-order valence-electron chi connectivity index (χ2n) is 5.14. The van der Waals surface area contributed by atoms with Gasteiger partial charge < -0.3 is 15.3 Å². The van der Waals surface area contributed by atoms with Gasteiger partial charge in [0.05, 0.1) is 5.60 Å². The maximum absolute atomic E-state index is 9.95. The van der Waals surface area contributed by atoms with Crippen LogP contribution in [0.2, 0.25) is 5.28 Å². The molecule has 1 aliphatic heterocycles. The standard InChI is InChI=1S/C12H20ClN5O/c1-3-6-14-10-15-9(13)16-11(17-10)18-7-4-12(2,19)5-8-18/h19H,3-8H2,1-2H3,(H,14,15,16,17). The SMILES string of the molecule is CCCNc1nc(Cl)nc(N2CCC(C)(O)CC2)n1. The van der Waals surface area contributed by atoms with E-state index in [4.69, 9.17) is 11.6 Å². The van der Waals surface area contributed by atoms with Gasteiger partial charge in [-0.2, -0.15) is 15.0 Å². The molecule has 0 saturated carbocycles. The third-order valence-electron chi connectivity index (χ3n) is 3.25. The van der Waals surface area contributed by atoms with Crippen molar-refractivity contribution in [2.45, 2.75) is 38.7 Å². The van der Waals surface area contributed by atoms with E-state index >= 15 is 0 Å². The highest BCUT2D eigenvalue weighted by Gasteiger charge is 2.28. The van der Waals surface area contributed by atoms with Gasteiger partial charge in [-0.05, 0) is 37.8 Å². The summed E-state index contributed by atoms with van der Waals surface area (Å²) in [6.07, 6.45) is 2.40. The number of nitrogens with zero attached hydrogens (tertiary/aromatic N) is 4. The van der Waals surface area contributed by atoms with E-state index < -0.39 is 5.60 Å². The molecule has 0 radical (unpaired) electrons. The van der Waals surface area contributed by atoms with Crippen LogP contribution >= 0.6 is 11.6 Å². The van der Waals surface area contributed by atoms with E-state index in [1.165, 1.54) is 0 Å². The van der Waals surface area contributed by atoms with Crippen molar-refractivity contribution < 1.29 is 5.11 Å². The summed E-state index contributed by atoms with van der Waals surface area (Å²) < 4.78 is 0. The van der Waals surface area contributed by atoms with Gasteiger partial charge >= 0.3 is 0 Å². The number of hydrogen-bond acceptors (Lipinski definition) is 6. The minimum atomic E-state index is -0.587. The summed E-state index contributed by atoms with van der Waals surface area (Å²) in [5.74, 6) is 1.09. The lowest BCUT2D eigenvalue weighted by Crippen LogP contribution is -2.43. The zero-order valence-electron chi connectivity index (χ0n) is 11.4. The number of piperidine rings is 1. The largest absolute Gasteiger partial charge is 0.390 e. The fourth-order valence-electron chi connectivity index (χ4n) is 1.99. The molecule has 0 atom stereocenters. The van der Waals surface area contributed by atoms with Crippen molar-refractivity contribution in [2.24, 2.45) is 0 Å². The van der Waals surface area contributed by atoms with Crippen LogP contribution in [0.5, 0.6) is 0 Å². The van der Waals surface area contributed by atoms with Crippen molar-refractivity contribution in [1.29, 1.82) is 0 Å². The van der Waals surface area contributed by atoms with Gasteiger partial charge in [0.25, 0.3) is 0 Å². The van der Waals surface area contributed by atoms with Crippen LogP contribution in [-0.4, -0.2) is 45.3 Å². The Kier molecular flexibility index (Phi) is 4.42. The molecule has 1 saturated heterocycles. The molecule has 1 aromatic heterocycles. The predicted octanol–water partition coefficient (Wildman–Crippen LogP) is 1.70. The Labute approximate surface area is 118 Å². The summed E-state index contributed by atoms with van der Waals surface area (Å²) >= 11 is 5.93. The average molecular weight is 286 g/mol. The first-order valence-electron chi connectivity index (χ1n) is 6.63. The Morgan fingerprint density at radius 2 is 2.00 bits per heavy atom. The van der Waals surface area contributed by atoms with Gasteiger partial charge in [-0.3, -0.25) is 0 Å². The minimum absolute atomic E-state index is 0.195. The molecule has 0 bridgehead atoms. The summed E-state index contributed by atoms with van der Waals surface area (Å²) in [7, 11) is 0. The van der Waals surface area contributed by atoms with Crippen molar-refractivity contribution in [3.63, 3.8) is 0 Å². The van der Waals surface area contributed by atoms with Crippen LogP contribution in [0.15, 0.2) is 0 Å². The first-order valence-corrected chi connectivity index (χ1v) is 7.01. The van der Waals surface area contributed by atoms with E-state index in [9.17, 15) is 5.11 Å². The first-order chi connectivity index (χ1) is 9.00. The highest BCUT2D eigenvalue weighted by atomic mass is 35.5. The second-order valence-corrected chi connectivity index (χ2v) is 5.48. The third kappa shape index (κ3) is 3.91. The molecule has 2 N–H and O–H groups in total. The van der Waals surface area contributed by atoms with E-state index in [0.29, 0.717) is 24.7 Å². The molecular weight excluding hydrogens is 266 g/mol. The van der Waals surface area contributed by atoms with Crippen LogP contribution in [0, 0.1) is 0 Å². The number of nitrogens with one attached hydrogen (secondary N) is 1. The Morgan fingerprint density at radius 3 is 2.63 bits per heavy atom. The lowest BCUT2D eigenvalue weighted by Gasteiger charge is -2.35. The molecule has 0 aromatic carbocycles. The van der Waals surface area contributed by atoms with E-state index in [2.05, 4.69) is 27.2 Å². The molecule has 19 heavy (non-hydrogen) atoms. The van der Waals surface area contributed by atoms with E-state index in [-0.39, 0.29) is 5.28 Å². The van der Waals surface area contributed by atoms with Gasteiger partial charge in [-0.15, -0.1) is 0 Å². The molecule has 1 aromatic rings. The van der Waals surface area contributed by atoms with Crippen LogP contribution in [0.3, 0.4) is 0 Å². The smallest absolute Gasteiger partial charge is 0.231 e.